The fourth-order valence-corrected chi connectivity index (χ4v) is 5.30. The van der Waals surface area contributed by atoms with Crippen molar-refractivity contribution in [3.05, 3.63) is 24.4 Å². The van der Waals surface area contributed by atoms with Crippen molar-refractivity contribution in [3.8, 4) is 0 Å². The molecule has 0 unspecified atom stereocenters. The molecule has 2 nitrogen and oxygen atoms in total. The summed E-state index contributed by atoms with van der Waals surface area (Å²) >= 11 is 6.32. The molecule has 0 saturated carbocycles. The van der Waals surface area contributed by atoms with Crippen molar-refractivity contribution in [1.82, 2.24) is 4.98 Å². The van der Waals surface area contributed by atoms with E-state index in [1.807, 2.05) is 12.3 Å². The fourth-order valence-electron chi connectivity index (χ4n) is 2.14. The van der Waals surface area contributed by atoms with Crippen LogP contribution in [0.1, 0.15) is 12.8 Å². The van der Waals surface area contributed by atoms with Crippen molar-refractivity contribution >= 4 is 41.1 Å². The topological polar surface area (TPSA) is 16.1 Å². The van der Waals surface area contributed by atoms with Gasteiger partial charge in [0, 0.05) is 42.3 Å². The molecule has 2 heterocycles. The van der Waals surface area contributed by atoms with Crippen LogP contribution in [0.4, 0.5) is 5.82 Å². The van der Waals surface area contributed by atoms with E-state index < -0.39 is 0 Å². The summed E-state index contributed by atoms with van der Waals surface area (Å²) in [6, 6.07) is 6.23. The summed E-state index contributed by atoms with van der Waals surface area (Å²) < 4.78 is 0. The summed E-state index contributed by atoms with van der Waals surface area (Å²) in [5.41, 5.74) is 0. The van der Waals surface area contributed by atoms with Crippen LogP contribution >= 0.6 is 35.3 Å². The number of rotatable bonds is 1. The maximum absolute atomic E-state index is 4.51. The molecule has 0 spiro atoms. The van der Waals surface area contributed by atoms with Crippen LogP contribution in [0.15, 0.2) is 24.4 Å². The van der Waals surface area contributed by atoms with E-state index >= 15 is 0 Å². The maximum Gasteiger partial charge on any atom is 0.128 e. The maximum atomic E-state index is 4.51. The average Bonchev–Trinajstić information content (AvgIpc) is 2.50. The van der Waals surface area contributed by atoms with Gasteiger partial charge < -0.3 is 4.90 Å². The molecule has 0 N–H and O–H groups in total. The summed E-state index contributed by atoms with van der Waals surface area (Å²) in [6.45, 7) is 2.28. The van der Waals surface area contributed by atoms with E-state index in [0.717, 1.165) is 18.9 Å². The van der Waals surface area contributed by atoms with Gasteiger partial charge in [0.2, 0.25) is 0 Å². The number of hydrogen-bond acceptors (Lipinski definition) is 5. The van der Waals surface area contributed by atoms with Gasteiger partial charge in [0.1, 0.15) is 5.82 Å². The Bertz CT molecular complexity index is 334. The van der Waals surface area contributed by atoms with Crippen LogP contribution < -0.4 is 4.90 Å². The van der Waals surface area contributed by atoms with Crippen LogP contribution in [-0.2, 0) is 0 Å². The van der Waals surface area contributed by atoms with Crippen molar-refractivity contribution < 1.29 is 0 Å². The van der Waals surface area contributed by atoms with Gasteiger partial charge in [-0.2, -0.15) is 35.3 Å². The van der Waals surface area contributed by atoms with E-state index in [1.54, 1.807) is 0 Å². The molecule has 1 aromatic rings. The molecular weight excluding hydrogens is 304 g/mol. The predicted octanol–water partition coefficient (Wildman–Crippen LogP) is 3.88. The van der Waals surface area contributed by atoms with Crippen molar-refractivity contribution in [2.24, 2.45) is 0 Å². The molecule has 0 aliphatic carbocycles. The van der Waals surface area contributed by atoms with Crippen molar-refractivity contribution in [2.75, 3.05) is 52.5 Å². The van der Waals surface area contributed by atoms with Gasteiger partial charge in [-0.25, -0.2) is 4.98 Å². The molecule has 0 aromatic carbocycles. The molecule has 1 aromatic heterocycles. The lowest BCUT2D eigenvalue weighted by Gasteiger charge is -2.23. The van der Waals surface area contributed by atoms with Crippen LogP contribution in [-0.4, -0.2) is 52.6 Å². The second-order valence-electron chi connectivity index (χ2n) is 4.72. The van der Waals surface area contributed by atoms with E-state index in [9.17, 15) is 0 Å². The molecule has 0 amide bonds. The summed E-state index contributed by atoms with van der Waals surface area (Å²) in [5.74, 6) is 8.93. The third-order valence-electron chi connectivity index (χ3n) is 3.15. The summed E-state index contributed by atoms with van der Waals surface area (Å²) in [5, 5.41) is 0. The Morgan fingerprint density at radius 2 is 1.40 bits per heavy atom. The SMILES string of the molecule is c1ccc(N2CCCSCCSCCSCCC2)nc1. The van der Waals surface area contributed by atoms with Crippen molar-refractivity contribution in [2.45, 2.75) is 12.8 Å². The molecule has 0 bridgehead atoms. The molecule has 1 aliphatic rings. The highest BCUT2D eigenvalue weighted by molar-refractivity contribution is 8.04. The standard InChI is InChI=1S/C15H24N2S3/c1-2-6-16-15(5-1)17-7-3-9-18-11-13-20-14-12-19-10-4-8-17/h1-2,5-6H,3-4,7-14H2. The second-order valence-corrected chi connectivity index (χ2v) is 8.39. The molecule has 112 valence electrons. The molecule has 0 radical (unpaired) electrons. The van der Waals surface area contributed by atoms with Gasteiger partial charge in [-0.3, -0.25) is 0 Å². The molecule has 1 aliphatic heterocycles. The third-order valence-corrected chi connectivity index (χ3v) is 6.79. The van der Waals surface area contributed by atoms with Gasteiger partial charge >= 0.3 is 0 Å². The monoisotopic (exact) mass is 328 g/mol. The molecule has 5 heteroatoms. The summed E-state index contributed by atoms with van der Waals surface area (Å²) in [7, 11) is 0. The first-order valence-electron chi connectivity index (χ1n) is 7.36. The number of thioether (sulfide) groups is 3. The zero-order chi connectivity index (χ0) is 13.9. The Hall–Kier alpha value is -0.0000000000000000555. The largest absolute Gasteiger partial charge is 0.357 e. The summed E-state index contributed by atoms with van der Waals surface area (Å²) in [4.78, 5) is 6.97. The minimum atomic E-state index is 1.14. The number of nitrogens with zero attached hydrogens (tertiary/aromatic N) is 2. The molecule has 1 saturated heterocycles. The molecule has 2 rings (SSSR count). The minimum Gasteiger partial charge on any atom is -0.357 e. The lowest BCUT2D eigenvalue weighted by atomic mass is 10.3. The Labute approximate surface area is 135 Å². The van der Waals surface area contributed by atoms with Crippen molar-refractivity contribution in [1.29, 1.82) is 0 Å². The van der Waals surface area contributed by atoms with Gasteiger partial charge in [-0.15, -0.1) is 0 Å². The van der Waals surface area contributed by atoms with Gasteiger partial charge in [0.15, 0.2) is 0 Å². The van der Waals surface area contributed by atoms with Crippen molar-refractivity contribution in [3.63, 3.8) is 0 Å². The van der Waals surface area contributed by atoms with E-state index in [4.69, 9.17) is 0 Å². The van der Waals surface area contributed by atoms with Crippen LogP contribution in [0.25, 0.3) is 0 Å². The fraction of sp³-hybridized carbons (Fsp3) is 0.667. The van der Waals surface area contributed by atoms with Crippen LogP contribution in [0.5, 0.6) is 0 Å². The first kappa shape index (κ1) is 16.4. The highest BCUT2D eigenvalue weighted by atomic mass is 32.2. The van der Waals surface area contributed by atoms with Crippen LogP contribution in [0, 0.1) is 0 Å². The molecular formula is C15H24N2S3. The smallest absolute Gasteiger partial charge is 0.128 e. The Balaban J connectivity index is 1.84. The second kappa shape index (κ2) is 10.7. The number of pyridine rings is 1. The van der Waals surface area contributed by atoms with E-state index in [-0.39, 0.29) is 0 Å². The van der Waals surface area contributed by atoms with Crippen LogP contribution in [0.2, 0.25) is 0 Å². The van der Waals surface area contributed by atoms with Gasteiger partial charge in [-0.05, 0) is 36.5 Å². The third kappa shape index (κ3) is 6.64. The predicted molar refractivity (Wildman–Crippen MR) is 97.7 cm³/mol. The molecule has 20 heavy (non-hydrogen) atoms. The first-order chi connectivity index (χ1) is 9.97. The molecule has 1 fully saturated rings. The number of hydrogen-bond donors (Lipinski definition) is 0. The zero-order valence-electron chi connectivity index (χ0n) is 12.0. The highest BCUT2D eigenvalue weighted by Gasteiger charge is 2.07. The minimum absolute atomic E-state index is 1.14. The lowest BCUT2D eigenvalue weighted by Crippen LogP contribution is -2.27. The number of anilines is 1. The van der Waals surface area contributed by atoms with Crippen LogP contribution in [0.3, 0.4) is 0 Å². The highest BCUT2D eigenvalue weighted by Crippen LogP contribution is 2.16. The Kier molecular flexibility index (Phi) is 8.75. The molecule has 0 atom stereocenters. The first-order valence-corrected chi connectivity index (χ1v) is 10.8. The van der Waals surface area contributed by atoms with E-state index in [0.29, 0.717) is 0 Å². The normalized spacial score (nSPS) is 20.3. The van der Waals surface area contributed by atoms with E-state index in [1.165, 1.54) is 47.4 Å². The van der Waals surface area contributed by atoms with Gasteiger partial charge in [0.25, 0.3) is 0 Å². The Morgan fingerprint density at radius 1 is 0.800 bits per heavy atom. The van der Waals surface area contributed by atoms with E-state index in [2.05, 4.69) is 57.3 Å². The summed E-state index contributed by atoms with van der Waals surface area (Å²) in [6.07, 6.45) is 4.43. The quantitative estimate of drug-likeness (QED) is 0.775. The lowest BCUT2D eigenvalue weighted by molar-refractivity contribution is 0.741. The number of aromatic nitrogens is 1. The Morgan fingerprint density at radius 3 is 1.95 bits per heavy atom. The average molecular weight is 329 g/mol. The van der Waals surface area contributed by atoms with Gasteiger partial charge in [0.05, 0.1) is 0 Å². The zero-order valence-corrected chi connectivity index (χ0v) is 14.4. The van der Waals surface area contributed by atoms with Gasteiger partial charge in [-0.1, -0.05) is 6.07 Å².